The Bertz CT molecular complexity index is 827. The summed E-state index contributed by atoms with van der Waals surface area (Å²) in [5, 5.41) is 6.47. The fraction of sp³-hybridized carbons (Fsp3) is 0.500. The number of nitrogens with one attached hydrogen (secondary N) is 2. The minimum Gasteiger partial charge on any atom is -0.356 e. The maximum Gasteiger partial charge on any atom is 0.233 e. The quantitative estimate of drug-likeness (QED) is 0.165. The van der Waals surface area contributed by atoms with Crippen molar-refractivity contribution in [2.75, 3.05) is 32.4 Å². The van der Waals surface area contributed by atoms with Crippen molar-refractivity contribution in [3.05, 3.63) is 42.2 Å². The number of carbonyl (C=O) groups is 2. The third-order valence-corrected chi connectivity index (χ3v) is 7.13. The van der Waals surface area contributed by atoms with Gasteiger partial charge in [-0.25, -0.2) is 4.39 Å². The van der Waals surface area contributed by atoms with E-state index in [9.17, 15) is 14.0 Å². The van der Waals surface area contributed by atoms with Gasteiger partial charge in [0.2, 0.25) is 11.8 Å². The molecule has 0 aromatic heterocycles. The SMILES string of the molecule is CN=C(NCCCN1C(=O)C2C3C=CC(C3)C2C1=O)NCCSc1ccc(F)cc1. The molecule has 160 valence electrons. The fourth-order valence-corrected chi connectivity index (χ4v) is 5.49. The zero-order chi connectivity index (χ0) is 21.1. The predicted molar refractivity (Wildman–Crippen MR) is 116 cm³/mol. The largest absolute Gasteiger partial charge is 0.356 e. The number of rotatable bonds is 8. The molecule has 2 amide bonds. The maximum absolute atomic E-state index is 12.9. The highest BCUT2D eigenvalue weighted by atomic mass is 32.2. The normalized spacial score (nSPS) is 27.1. The van der Waals surface area contributed by atoms with E-state index in [0.29, 0.717) is 32.0 Å². The Balaban J connectivity index is 1.14. The lowest BCUT2D eigenvalue weighted by Crippen LogP contribution is -2.40. The zero-order valence-electron chi connectivity index (χ0n) is 17.0. The van der Waals surface area contributed by atoms with E-state index in [2.05, 4.69) is 27.8 Å². The summed E-state index contributed by atoms with van der Waals surface area (Å²) >= 11 is 1.64. The van der Waals surface area contributed by atoms with Crippen molar-refractivity contribution in [3.63, 3.8) is 0 Å². The molecule has 0 radical (unpaired) electrons. The number of carbonyl (C=O) groups excluding carboxylic acids is 2. The van der Waals surface area contributed by atoms with Crippen molar-refractivity contribution >= 4 is 29.5 Å². The van der Waals surface area contributed by atoms with Crippen LogP contribution in [0.5, 0.6) is 0 Å². The second-order valence-electron chi connectivity index (χ2n) is 7.91. The Morgan fingerprint density at radius 3 is 2.37 bits per heavy atom. The van der Waals surface area contributed by atoms with Crippen LogP contribution >= 0.6 is 11.8 Å². The van der Waals surface area contributed by atoms with Gasteiger partial charge in [0.15, 0.2) is 5.96 Å². The van der Waals surface area contributed by atoms with Crippen molar-refractivity contribution in [3.8, 4) is 0 Å². The van der Waals surface area contributed by atoms with E-state index >= 15 is 0 Å². The van der Waals surface area contributed by atoms with Gasteiger partial charge in [-0.1, -0.05) is 12.2 Å². The summed E-state index contributed by atoms with van der Waals surface area (Å²) in [6, 6.07) is 6.45. The lowest BCUT2D eigenvalue weighted by molar-refractivity contribution is -0.140. The van der Waals surface area contributed by atoms with E-state index in [1.807, 2.05) is 0 Å². The molecule has 8 heteroatoms. The molecule has 1 aromatic rings. The molecule has 1 heterocycles. The van der Waals surface area contributed by atoms with Gasteiger partial charge in [0.1, 0.15) is 5.82 Å². The summed E-state index contributed by atoms with van der Waals surface area (Å²) in [5.74, 6) is 1.60. The molecule has 4 rings (SSSR count). The first-order valence-electron chi connectivity index (χ1n) is 10.4. The standard InChI is InChI=1S/C22H27FN4O2S/c1-24-22(26-10-12-30-17-7-5-16(23)6-8-17)25-9-2-11-27-20(28)18-14-3-4-15(13-14)19(18)21(27)29/h3-8,14-15,18-19H,2,9-13H2,1H3,(H2,24,25,26). The lowest BCUT2D eigenvalue weighted by atomic mass is 9.85. The monoisotopic (exact) mass is 430 g/mol. The van der Waals surface area contributed by atoms with E-state index in [0.717, 1.165) is 17.1 Å². The second kappa shape index (κ2) is 9.20. The van der Waals surface area contributed by atoms with Gasteiger partial charge in [0.05, 0.1) is 11.8 Å². The Labute approximate surface area is 180 Å². The number of allylic oxidation sites excluding steroid dienone is 2. The van der Waals surface area contributed by atoms with Crippen LogP contribution in [0.4, 0.5) is 4.39 Å². The average molecular weight is 431 g/mol. The van der Waals surface area contributed by atoms with Crippen LogP contribution in [0, 0.1) is 29.5 Å². The number of halogens is 1. The van der Waals surface area contributed by atoms with E-state index in [1.54, 1.807) is 30.9 Å². The van der Waals surface area contributed by atoms with Gasteiger partial charge in [-0.3, -0.25) is 19.5 Å². The summed E-state index contributed by atoms with van der Waals surface area (Å²) in [4.78, 5) is 32.0. The molecule has 2 bridgehead atoms. The number of aliphatic imine (C=N–C) groups is 1. The molecule has 1 saturated heterocycles. The van der Waals surface area contributed by atoms with Crippen LogP contribution in [0.3, 0.4) is 0 Å². The summed E-state index contributed by atoms with van der Waals surface area (Å²) in [6.07, 6.45) is 5.88. The average Bonchev–Trinajstić information content (AvgIpc) is 3.43. The molecule has 2 fully saturated rings. The zero-order valence-corrected chi connectivity index (χ0v) is 17.8. The molecular formula is C22H27FN4O2S. The first-order chi connectivity index (χ1) is 14.6. The molecule has 6 nitrogen and oxygen atoms in total. The Morgan fingerprint density at radius 1 is 1.10 bits per heavy atom. The molecule has 1 aromatic carbocycles. The smallest absolute Gasteiger partial charge is 0.233 e. The van der Waals surface area contributed by atoms with Gasteiger partial charge in [0.25, 0.3) is 0 Å². The minimum atomic E-state index is -0.230. The summed E-state index contributed by atoms with van der Waals surface area (Å²) in [6.45, 7) is 1.79. The van der Waals surface area contributed by atoms with Crippen LogP contribution in [-0.2, 0) is 9.59 Å². The number of thioether (sulfide) groups is 1. The molecule has 2 N–H and O–H groups in total. The van der Waals surface area contributed by atoms with Crippen molar-refractivity contribution in [2.45, 2.75) is 17.7 Å². The van der Waals surface area contributed by atoms with Crippen LogP contribution in [0.15, 0.2) is 46.3 Å². The molecule has 0 spiro atoms. The third kappa shape index (κ3) is 4.24. The van der Waals surface area contributed by atoms with Crippen LogP contribution in [-0.4, -0.2) is 55.1 Å². The van der Waals surface area contributed by atoms with Gasteiger partial charge < -0.3 is 10.6 Å². The first kappa shape index (κ1) is 20.9. The molecule has 4 atom stereocenters. The van der Waals surface area contributed by atoms with Crippen molar-refractivity contribution < 1.29 is 14.0 Å². The molecular weight excluding hydrogens is 403 g/mol. The number of likely N-dealkylation sites (tertiary alicyclic amines) is 1. The molecule has 1 aliphatic heterocycles. The van der Waals surface area contributed by atoms with Gasteiger partial charge in [-0.2, -0.15) is 0 Å². The molecule has 3 aliphatic rings. The van der Waals surface area contributed by atoms with Crippen LogP contribution < -0.4 is 10.6 Å². The molecule has 30 heavy (non-hydrogen) atoms. The molecule has 2 aliphatic carbocycles. The number of hydrogen-bond acceptors (Lipinski definition) is 4. The van der Waals surface area contributed by atoms with E-state index in [-0.39, 0.29) is 41.3 Å². The number of amides is 2. The lowest BCUT2D eigenvalue weighted by Gasteiger charge is -2.18. The van der Waals surface area contributed by atoms with E-state index < -0.39 is 0 Å². The second-order valence-corrected chi connectivity index (χ2v) is 9.08. The highest BCUT2D eigenvalue weighted by molar-refractivity contribution is 7.99. The van der Waals surface area contributed by atoms with E-state index in [1.165, 1.54) is 17.0 Å². The van der Waals surface area contributed by atoms with Crippen molar-refractivity contribution in [1.82, 2.24) is 15.5 Å². The Kier molecular flexibility index (Phi) is 6.41. The number of hydrogen-bond donors (Lipinski definition) is 2. The summed E-state index contributed by atoms with van der Waals surface area (Å²) < 4.78 is 12.9. The topological polar surface area (TPSA) is 73.8 Å². The van der Waals surface area contributed by atoms with Crippen molar-refractivity contribution in [1.29, 1.82) is 0 Å². The van der Waals surface area contributed by atoms with Crippen LogP contribution in [0.25, 0.3) is 0 Å². The van der Waals surface area contributed by atoms with Crippen LogP contribution in [0.1, 0.15) is 12.8 Å². The first-order valence-corrected chi connectivity index (χ1v) is 11.4. The van der Waals surface area contributed by atoms with Crippen molar-refractivity contribution in [2.24, 2.45) is 28.7 Å². The highest BCUT2D eigenvalue weighted by Gasteiger charge is 2.58. The summed E-state index contributed by atoms with van der Waals surface area (Å²) in [7, 11) is 1.71. The van der Waals surface area contributed by atoms with Gasteiger partial charge in [-0.15, -0.1) is 11.8 Å². The number of guanidine groups is 1. The van der Waals surface area contributed by atoms with Crippen LogP contribution in [0.2, 0.25) is 0 Å². The summed E-state index contributed by atoms with van der Waals surface area (Å²) in [5.41, 5.74) is 0. The number of benzene rings is 1. The Morgan fingerprint density at radius 2 is 1.73 bits per heavy atom. The number of imide groups is 1. The highest BCUT2D eigenvalue weighted by Crippen LogP contribution is 2.52. The predicted octanol–water partition coefficient (Wildman–Crippen LogP) is 2.28. The fourth-order valence-electron chi connectivity index (χ4n) is 4.72. The minimum absolute atomic E-state index is 0.0159. The number of nitrogens with zero attached hydrogens (tertiary/aromatic N) is 2. The molecule has 4 unspecified atom stereocenters. The Hall–Kier alpha value is -2.35. The van der Waals surface area contributed by atoms with E-state index in [4.69, 9.17) is 0 Å². The third-order valence-electron chi connectivity index (χ3n) is 6.11. The van der Waals surface area contributed by atoms with Gasteiger partial charge >= 0.3 is 0 Å². The number of fused-ring (bicyclic) bond motifs is 5. The maximum atomic E-state index is 12.9. The molecule has 1 saturated carbocycles. The van der Waals surface area contributed by atoms with Gasteiger partial charge in [-0.05, 0) is 48.9 Å². The van der Waals surface area contributed by atoms with Gasteiger partial charge in [0, 0.05) is 37.3 Å².